The Hall–Kier alpha value is -2.58. The minimum Gasteiger partial charge on any atom is -0.484 e. The standard InChI is InChI=1S/C17H14ClFN4O2S/c1-23-10-20-22-17(23)26-13-5-2-11(3-6-13)21-16(24)9-25-12-4-7-15(19)14(18)8-12/h2-8,10H,9H2,1H3,(H,21,24). The van der Waals surface area contributed by atoms with Crippen molar-refractivity contribution < 1.29 is 13.9 Å². The van der Waals surface area contributed by atoms with Crippen LogP contribution in [0.25, 0.3) is 0 Å². The number of anilines is 1. The van der Waals surface area contributed by atoms with Gasteiger partial charge in [-0.15, -0.1) is 10.2 Å². The van der Waals surface area contributed by atoms with Crippen molar-refractivity contribution in [1.29, 1.82) is 0 Å². The van der Waals surface area contributed by atoms with Crippen molar-refractivity contribution in [2.24, 2.45) is 7.05 Å². The average molecular weight is 393 g/mol. The molecule has 0 saturated carbocycles. The lowest BCUT2D eigenvalue weighted by Crippen LogP contribution is -2.20. The number of ether oxygens (including phenoxy) is 1. The normalized spacial score (nSPS) is 10.6. The molecule has 0 radical (unpaired) electrons. The lowest BCUT2D eigenvalue weighted by Gasteiger charge is -2.08. The molecule has 26 heavy (non-hydrogen) atoms. The first-order valence-electron chi connectivity index (χ1n) is 7.51. The highest BCUT2D eigenvalue weighted by molar-refractivity contribution is 7.99. The summed E-state index contributed by atoms with van der Waals surface area (Å²) in [5.74, 6) is -0.552. The summed E-state index contributed by atoms with van der Waals surface area (Å²) in [4.78, 5) is 12.9. The van der Waals surface area contributed by atoms with Crippen LogP contribution >= 0.6 is 23.4 Å². The molecule has 134 valence electrons. The Morgan fingerprint density at radius 2 is 2.08 bits per heavy atom. The predicted octanol–water partition coefficient (Wildman–Crippen LogP) is 3.78. The van der Waals surface area contributed by atoms with Crippen LogP contribution < -0.4 is 10.1 Å². The quantitative estimate of drug-likeness (QED) is 0.691. The molecule has 0 bridgehead atoms. The van der Waals surface area contributed by atoms with Crippen LogP contribution in [-0.2, 0) is 11.8 Å². The second-order valence-electron chi connectivity index (χ2n) is 5.26. The van der Waals surface area contributed by atoms with Crippen LogP contribution in [0, 0.1) is 5.82 Å². The van der Waals surface area contributed by atoms with Gasteiger partial charge in [0.15, 0.2) is 11.8 Å². The largest absolute Gasteiger partial charge is 0.484 e. The first-order valence-corrected chi connectivity index (χ1v) is 8.70. The van der Waals surface area contributed by atoms with Gasteiger partial charge in [-0.2, -0.15) is 0 Å². The van der Waals surface area contributed by atoms with E-state index < -0.39 is 5.82 Å². The third-order valence-corrected chi connectivity index (χ3v) is 4.63. The Bertz CT molecular complexity index is 917. The molecule has 3 aromatic rings. The van der Waals surface area contributed by atoms with E-state index in [0.717, 1.165) is 10.1 Å². The summed E-state index contributed by atoms with van der Waals surface area (Å²) in [6.07, 6.45) is 1.63. The first kappa shape index (κ1) is 18.2. The van der Waals surface area contributed by atoms with Gasteiger partial charge in [0.25, 0.3) is 5.91 Å². The van der Waals surface area contributed by atoms with E-state index in [2.05, 4.69) is 15.5 Å². The molecule has 1 N–H and O–H groups in total. The number of aryl methyl sites for hydroxylation is 1. The molecule has 1 amide bonds. The highest BCUT2D eigenvalue weighted by Crippen LogP contribution is 2.26. The fourth-order valence-corrected chi connectivity index (χ4v) is 2.92. The number of benzene rings is 2. The highest BCUT2D eigenvalue weighted by atomic mass is 35.5. The molecule has 9 heteroatoms. The van der Waals surface area contributed by atoms with E-state index in [1.165, 1.54) is 30.0 Å². The van der Waals surface area contributed by atoms with Gasteiger partial charge in [-0.3, -0.25) is 4.79 Å². The third-order valence-electron chi connectivity index (χ3n) is 3.28. The lowest BCUT2D eigenvalue weighted by atomic mass is 10.3. The average Bonchev–Trinajstić information content (AvgIpc) is 3.02. The number of hydrogen-bond acceptors (Lipinski definition) is 5. The summed E-state index contributed by atoms with van der Waals surface area (Å²) in [5, 5.41) is 11.3. The van der Waals surface area contributed by atoms with E-state index >= 15 is 0 Å². The van der Waals surface area contributed by atoms with Crippen molar-refractivity contribution in [3.8, 4) is 5.75 Å². The van der Waals surface area contributed by atoms with Gasteiger partial charge in [-0.25, -0.2) is 4.39 Å². The van der Waals surface area contributed by atoms with E-state index in [9.17, 15) is 9.18 Å². The molecule has 1 aromatic heterocycles. The SMILES string of the molecule is Cn1cnnc1Sc1ccc(NC(=O)COc2ccc(F)c(Cl)c2)cc1. The summed E-state index contributed by atoms with van der Waals surface area (Å²) in [6, 6.07) is 11.2. The van der Waals surface area contributed by atoms with Gasteiger partial charge in [0.1, 0.15) is 17.9 Å². The predicted molar refractivity (Wildman–Crippen MR) is 97.1 cm³/mol. The van der Waals surface area contributed by atoms with Crippen molar-refractivity contribution in [2.45, 2.75) is 10.1 Å². The third kappa shape index (κ3) is 4.74. The van der Waals surface area contributed by atoms with Crippen LogP contribution in [0.5, 0.6) is 5.75 Å². The summed E-state index contributed by atoms with van der Waals surface area (Å²) in [7, 11) is 1.87. The molecule has 0 saturated heterocycles. The topological polar surface area (TPSA) is 69.0 Å². The number of carbonyl (C=O) groups is 1. The lowest BCUT2D eigenvalue weighted by molar-refractivity contribution is -0.118. The second kappa shape index (κ2) is 8.20. The van der Waals surface area contributed by atoms with Gasteiger partial charge in [0, 0.05) is 23.7 Å². The van der Waals surface area contributed by atoms with E-state index in [4.69, 9.17) is 16.3 Å². The van der Waals surface area contributed by atoms with Crippen LogP contribution in [0.1, 0.15) is 0 Å². The van der Waals surface area contributed by atoms with Crippen LogP contribution in [0.4, 0.5) is 10.1 Å². The van der Waals surface area contributed by atoms with Crippen LogP contribution in [0.15, 0.2) is 58.8 Å². The Balaban J connectivity index is 1.52. The number of rotatable bonds is 6. The van der Waals surface area contributed by atoms with Crippen molar-refractivity contribution in [2.75, 3.05) is 11.9 Å². The van der Waals surface area contributed by atoms with Gasteiger partial charge in [-0.1, -0.05) is 11.6 Å². The molecule has 0 fully saturated rings. The van der Waals surface area contributed by atoms with E-state index in [1.807, 2.05) is 23.7 Å². The van der Waals surface area contributed by atoms with Crippen molar-refractivity contribution in [3.63, 3.8) is 0 Å². The van der Waals surface area contributed by atoms with E-state index in [0.29, 0.717) is 11.4 Å². The molecular formula is C17H14ClFN4O2S. The van der Waals surface area contributed by atoms with Crippen molar-refractivity contribution in [1.82, 2.24) is 14.8 Å². The number of nitrogens with zero attached hydrogens (tertiary/aromatic N) is 3. The Labute approximate surface area is 158 Å². The molecule has 0 aliphatic rings. The van der Waals surface area contributed by atoms with Gasteiger partial charge < -0.3 is 14.6 Å². The number of hydrogen-bond donors (Lipinski definition) is 1. The van der Waals surface area contributed by atoms with Crippen LogP contribution in [0.3, 0.4) is 0 Å². The Kier molecular flexibility index (Phi) is 5.75. The number of halogens is 2. The van der Waals surface area contributed by atoms with E-state index in [-0.39, 0.29) is 17.5 Å². The Morgan fingerprint density at radius 1 is 1.31 bits per heavy atom. The Morgan fingerprint density at radius 3 is 2.73 bits per heavy atom. The summed E-state index contributed by atoms with van der Waals surface area (Å²) < 4.78 is 20.2. The fraction of sp³-hybridized carbons (Fsp3) is 0.118. The minimum absolute atomic E-state index is 0.0566. The molecule has 0 spiro atoms. The zero-order valence-corrected chi connectivity index (χ0v) is 15.2. The summed E-state index contributed by atoms with van der Waals surface area (Å²) in [6.45, 7) is -0.211. The van der Waals surface area contributed by atoms with Gasteiger partial charge in [0.2, 0.25) is 0 Å². The van der Waals surface area contributed by atoms with Crippen molar-refractivity contribution in [3.05, 3.63) is 59.6 Å². The van der Waals surface area contributed by atoms with Crippen LogP contribution in [-0.4, -0.2) is 27.3 Å². The molecule has 0 unspecified atom stereocenters. The minimum atomic E-state index is -0.539. The maximum Gasteiger partial charge on any atom is 0.262 e. The molecule has 6 nitrogen and oxygen atoms in total. The smallest absolute Gasteiger partial charge is 0.262 e. The monoisotopic (exact) mass is 392 g/mol. The molecule has 1 heterocycles. The number of amides is 1. The number of carbonyl (C=O) groups excluding carboxylic acids is 1. The molecule has 3 rings (SSSR count). The number of nitrogens with one attached hydrogen (secondary N) is 1. The molecule has 0 aliphatic heterocycles. The fourth-order valence-electron chi connectivity index (χ4n) is 1.99. The molecule has 2 aromatic carbocycles. The highest BCUT2D eigenvalue weighted by Gasteiger charge is 2.07. The van der Waals surface area contributed by atoms with Crippen molar-refractivity contribution >= 4 is 35.0 Å². The van der Waals surface area contributed by atoms with Gasteiger partial charge >= 0.3 is 0 Å². The van der Waals surface area contributed by atoms with Gasteiger partial charge in [-0.05, 0) is 48.2 Å². The molecule has 0 aliphatic carbocycles. The van der Waals surface area contributed by atoms with E-state index in [1.54, 1.807) is 18.5 Å². The summed E-state index contributed by atoms with van der Waals surface area (Å²) in [5.41, 5.74) is 0.637. The van der Waals surface area contributed by atoms with Gasteiger partial charge in [0.05, 0.1) is 5.02 Å². The zero-order chi connectivity index (χ0) is 18.5. The molecular weight excluding hydrogens is 379 g/mol. The number of aromatic nitrogens is 3. The zero-order valence-electron chi connectivity index (χ0n) is 13.6. The maximum atomic E-state index is 13.1. The maximum absolute atomic E-state index is 13.1. The first-order chi connectivity index (χ1) is 12.5. The second-order valence-corrected chi connectivity index (χ2v) is 6.71. The summed E-state index contributed by atoms with van der Waals surface area (Å²) >= 11 is 7.13. The van der Waals surface area contributed by atoms with Crippen LogP contribution in [0.2, 0.25) is 5.02 Å². The molecule has 0 atom stereocenters.